The third kappa shape index (κ3) is 2.79. The van der Waals surface area contributed by atoms with Crippen LogP contribution in [0, 0.1) is 5.41 Å². The minimum Gasteiger partial charge on any atom is -0.310 e. The van der Waals surface area contributed by atoms with Crippen LogP contribution in [0.5, 0.6) is 0 Å². The molecule has 0 spiro atoms. The van der Waals surface area contributed by atoms with E-state index in [9.17, 15) is 0 Å². The number of nitrogens with zero attached hydrogens (tertiary/aromatic N) is 1. The van der Waals surface area contributed by atoms with Crippen LogP contribution in [0.25, 0.3) is 11.3 Å². The molecule has 1 N–H and O–H groups in total. The standard InChI is InChI=1S/C15H18N2S/c1-15(7-8-15)11-16-9-14-17-13(10-18-14)12-5-3-2-4-6-12/h2-6,10,16H,7-9,11H2,1H3. The number of aromatic nitrogens is 1. The first-order valence-corrected chi connectivity index (χ1v) is 7.34. The van der Waals surface area contributed by atoms with Crippen molar-refractivity contribution in [2.75, 3.05) is 6.54 Å². The van der Waals surface area contributed by atoms with Gasteiger partial charge in [-0.3, -0.25) is 0 Å². The van der Waals surface area contributed by atoms with E-state index in [-0.39, 0.29) is 0 Å². The van der Waals surface area contributed by atoms with Crippen molar-refractivity contribution in [3.63, 3.8) is 0 Å². The summed E-state index contributed by atoms with van der Waals surface area (Å²) in [6, 6.07) is 10.4. The molecule has 0 amide bonds. The molecule has 0 atom stereocenters. The van der Waals surface area contributed by atoms with Gasteiger partial charge in [0.15, 0.2) is 0 Å². The van der Waals surface area contributed by atoms with Crippen molar-refractivity contribution in [2.45, 2.75) is 26.3 Å². The Bertz CT molecular complexity index is 514. The van der Waals surface area contributed by atoms with E-state index >= 15 is 0 Å². The van der Waals surface area contributed by atoms with E-state index in [2.05, 4.69) is 46.9 Å². The first kappa shape index (κ1) is 11.9. The second-order valence-corrected chi connectivity index (χ2v) is 6.35. The number of hydrogen-bond acceptors (Lipinski definition) is 3. The molecule has 2 aromatic rings. The van der Waals surface area contributed by atoms with Gasteiger partial charge in [-0.05, 0) is 18.3 Å². The van der Waals surface area contributed by atoms with Gasteiger partial charge in [0.25, 0.3) is 0 Å². The van der Waals surface area contributed by atoms with Gasteiger partial charge >= 0.3 is 0 Å². The summed E-state index contributed by atoms with van der Waals surface area (Å²) in [6.45, 7) is 4.36. The first-order valence-electron chi connectivity index (χ1n) is 6.46. The summed E-state index contributed by atoms with van der Waals surface area (Å²) >= 11 is 1.74. The molecule has 0 unspecified atom stereocenters. The van der Waals surface area contributed by atoms with Crippen molar-refractivity contribution in [1.82, 2.24) is 10.3 Å². The molecular weight excluding hydrogens is 240 g/mol. The molecular formula is C15H18N2S. The molecule has 1 fully saturated rings. The monoisotopic (exact) mass is 258 g/mol. The zero-order chi connectivity index (χ0) is 12.4. The Morgan fingerprint density at radius 3 is 2.78 bits per heavy atom. The molecule has 1 aromatic heterocycles. The predicted octanol–water partition coefficient (Wildman–Crippen LogP) is 3.70. The highest BCUT2D eigenvalue weighted by Crippen LogP contribution is 2.44. The van der Waals surface area contributed by atoms with E-state index in [4.69, 9.17) is 0 Å². The van der Waals surface area contributed by atoms with Gasteiger partial charge in [-0.15, -0.1) is 11.3 Å². The molecule has 0 radical (unpaired) electrons. The lowest BCUT2D eigenvalue weighted by molar-refractivity contribution is 0.499. The summed E-state index contributed by atoms with van der Waals surface area (Å²) in [4.78, 5) is 4.68. The highest BCUT2D eigenvalue weighted by Gasteiger charge is 2.36. The van der Waals surface area contributed by atoms with E-state index in [1.54, 1.807) is 11.3 Å². The molecule has 1 aliphatic rings. The van der Waals surface area contributed by atoms with Gasteiger partial charge in [0, 0.05) is 24.0 Å². The van der Waals surface area contributed by atoms with Crippen molar-refractivity contribution in [3.05, 3.63) is 40.7 Å². The SMILES string of the molecule is CC1(CNCc2nc(-c3ccccc3)cs2)CC1. The fourth-order valence-corrected chi connectivity index (χ4v) is 2.77. The van der Waals surface area contributed by atoms with E-state index in [1.807, 2.05) is 6.07 Å². The molecule has 1 aromatic carbocycles. The second kappa shape index (κ2) is 4.82. The molecule has 0 saturated heterocycles. The second-order valence-electron chi connectivity index (χ2n) is 5.41. The van der Waals surface area contributed by atoms with Crippen LogP contribution in [-0.2, 0) is 6.54 Å². The van der Waals surface area contributed by atoms with Crippen molar-refractivity contribution in [2.24, 2.45) is 5.41 Å². The van der Waals surface area contributed by atoms with Gasteiger partial charge < -0.3 is 5.32 Å². The summed E-state index contributed by atoms with van der Waals surface area (Å²) in [5, 5.41) is 6.84. The van der Waals surface area contributed by atoms with E-state index in [0.29, 0.717) is 5.41 Å². The first-order chi connectivity index (χ1) is 8.75. The van der Waals surface area contributed by atoms with Gasteiger partial charge in [-0.2, -0.15) is 0 Å². The third-order valence-corrected chi connectivity index (χ3v) is 4.40. The van der Waals surface area contributed by atoms with E-state index < -0.39 is 0 Å². The average Bonchev–Trinajstić information content (AvgIpc) is 2.94. The number of thiazole rings is 1. The zero-order valence-corrected chi connectivity index (χ0v) is 11.5. The summed E-state index contributed by atoms with van der Waals surface area (Å²) in [5.41, 5.74) is 2.86. The maximum Gasteiger partial charge on any atom is 0.107 e. The van der Waals surface area contributed by atoms with Crippen LogP contribution in [0.3, 0.4) is 0 Å². The highest BCUT2D eigenvalue weighted by atomic mass is 32.1. The fourth-order valence-electron chi connectivity index (χ4n) is 1.99. The minimum atomic E-state index is 0.569. The van der Waals surface area contributed by atoms with Crippen LogP contribution in [0.15, 0.2) is 35.7 Å². The van der Waals surface area contributed by atoms with Crippen LogP contribution in [0.2, 0.25) is 0 Å². The quantitative estimate of drug-likeness (QED) is 0.884. The van der Waals surface area contributed by atoms with Gasteiger partial charge in [-0.25, -0.2) is 4.98 Å². The largest absolute Gasteiger partial charge is 0.310 e. The molecule has 1 saturated carbocycles. The van der Waals surface area contributed by atoms with Crippen molar-refractivity contribution in [1.29, 1.82) is 0 Å². The third-order valence-electron chi connectivity index (χ3n) is 3.55. The Labute approximate surface area is 112 Å². The highest BCUT2D eigenvalue weighted by molar-refractivity contribution is 7.09. The van der Waals surface area contributed by atoms with Crippen molar-refractivity contribution in [3.8, 4) is 11.3 Å². The average molecular weight is 258 g/mol. The Kier molecular flexibility index (Phi) is 3.18. The number of rotatable bonds is 5. The lowest BCUT2D eigenvalue weighted by Gasteiger charge is -2.07. The number of hydrogen-bond donors (Lipinski definition) is 1. The van der Waals surface area contributed by atoms with Gasteiger partial charge in [0.1, 0.15) is 5.01 Å². The van der Waals surface area contributed by atoms with E-state index in [0.717, 1.165) is 18.8 Å². The van der Waals surface area contributed by atoms with Crippen LogP contribution in [0.4, 0.5) is 0 Å². The van der Waals surface area contributed by atoms with Crippen LogP contribution < -0.4 is 5.32 Å². The summed E-state index contributed by atoms with van der Waals surface area (Å²) in [7, 11) is 0. The molecule has 1 heterocycles. The maximum absolute atomic E-state index is 4.68. The molecule has 0 aliphatic heterocycles. The Hall–Kier alpha value is -1.19. The normalized spacial score (nSPS) is 16.7. The number of benzene rings is 1. The topological polar surface area (TPSA) is 24.9 Å². The van der Waals surface area contributed by atoms with Crippen LogP contribution in [-0.4, -0.2) is 11.5 Å². The molecule has 18 heavy (non-hydrogen) atoms. The van der Waals surface area contributed by atoms with Crippen LogP contribution >= 0.6 is 11.3 Å². The Balaban J connectivity index is 1.59. The van der Waals surface area contributed by atoms with E-state index in [1.165, 1.54) is 23.4 Å². The summed E-state index contributed by atoms with van der Waals surface area (Å²) in [6.07, 6.45) is 2.74. The molecule has 94 valence electrons. The molecule has 1 aliphatic carbocycles. The maximum atomic E-state index is 4.68. The van der Waals surface area contributed by atoms with Crippen molar-refractivity contribution < 1.29 is 0 Å². The van der Waals surface area contributed by atoms with Crippen molar-refractivity contribution >= 4 is 11.3 Å². The van der Waals surface area contributed by atoms with Crippen LogP contribution in [0.1, 0.15) is 24.8 Å². The number of nitrogens with one attached hydrogen (secondary N) is 1. The molecule has 3 rings (SSSR count). The Morgan fingerprint density at radius 1 is 1.28 bits per heavy atom. The molecule has 3 heteroatoms. The zero-order valence-electron chi connectivity index (χ0n) is 10.6. The van der Waals surface area contributed by atoms with Gasteiger partial charge in [0.2, 0.25) is 0 Å². The lowest BCUT2D eigenvalue weighted by atomic mass is 10.1. The smallest absolute Gasteiger partial charge is 0.107 e. The molecule has 2 nitrogen and oxygen atoms in total. The van der Waals surface area contributed by atoms with Gasteiger partial charge in [-0.1, -0.05) is 37.3 Å². The minimum absolute atomic E-state index is 0.569. The lowest BCUT2D eigenvalue weighted by Crippen LogP contribution is -2.21. The fraction of sp³-hybridized carbons (Fsp3) is 0.400. The van der Waals surface area contributed by atoms with Gasteiger partial charge in [0.05, 0.1) is 5.69 Å². The summed E-state index contributed by atoms with van der Waals surface area (Å²) < 4.78 is 0. The molecule has 0 bridgehead atoms. The predicted molar refractivity (Wildman–Crippen MR) is 76.6 cm³/mol. The Morgan fingerprint density at radius 2 is 2.06 bits per heavy atom. The summed E-state index contributed by atoms with van der Waals surface area (Å²) in [5.74, 6) is 0.